The number of aliphatic hydroxyl groups is 6. The minimum Gasteiger partial charge on any atom is -0.508 e. The van der Waals surface area contributed by atoms with Gasteiger partial charge >= 0.3 is 5.97 Å². The second-order valence-electron chi connectivity index (χ2n) is 25.6. The molecule has 11 bridgehead atoms. The molecule has 2 saturated heterocycles. The first-order valence-electron chi connectivity index (χ1n) is 31.5. The van der Waals surface area contributed by atoms with Crippen LogP contribution in [0.5, 0.6) is 46.0 Å². The van der Waals surface area contributed by atoms with Gasteiger partial charge in [0.1, 0.15) is 89.5 Å². The highest BCUT2D eigenvalue weighted by molar-refractivity contribution is 6.32. The Balaban J connectivity index is 1.23. The van der Waals surface area contributed by atoms with Crippen molar-refractivity contribution in [2.24, 2.45) is 17.4 Å². The van der Waals surface area contributed by atoms with Crippen LogP contribution in [-0.4, -0.2) is 191 Å². The molecule has 0 aliphatic carbocycles. The lowest BCUT2D eigenvalue weighted by atomic mass is 9.86. The topological polar surface area (TPSA) is 530 Å². The zero-order chi connectivity index (χ0) is 72.7. The fourth-order valence-electron chi connectivity index (χ4n) is 12.5. The summed E-state index contributed by atoms with van der Waals surface area (Å²) in [5.41, 5.74) is 8.26. The van der Waals surface area contributed by atoms with Gasteiger partial charge in [0, 0.05) is 34.7 Å². The first-order chi connectivity index (χ1) is 47.2. The quantitative estimate of drug-likeness (QED) is 0.0703. The summed E-state index contributed by atoms with van der Waals surface area (Å²) in [6.45, 7) is 5.70. The third-order valence-electron chi connectivity index (χ3n) is 17.7. The Bertz CT molecular complexity index is 4000. The van der Waals surface area contributed by atoms with Crippen LogP contribution >= 0.6 is 11.6 Å². The van der Waals surface area contributed by atoms with E-state index in [9.17, 15) is 75.0 Å². The van der Waals surface area contributed by atoms with Crippen LogP contribution in [0.15, 0.2) is 84.9 Å². The molecular formula is C66H76ClN9O24. The highest BCUT2D eigenvalue weighted by Gasteiger charge is 2.51. The summed E-state index contributed by atoms with van der Waals surface area (Å²) in [6.07, 6.45) is -18.2. The number of phenolic OH excluding ortho intramolecular Hbond substituents is 3. The standard InChI is InChI=1S/C66H76ClN9O24/c1-24(2)14-35(70-5)58(87)75-50-52(83)28-9-13-39(34(67)16-28)97-41-18-29-17-40(55(41)100-65-56(54(85)53(84)42(23-77)98-65)99-44-22-66(4,69)57(86)25(3)95-44)96-31-10-6-26(7-11-31)51(82)49-63(92)74-48(64(93)94)33-19-30(78)20-38(80)45(33)32-15-27(8-12-37(32)79)46(60(89)76-49)73-61(90)47(29)72-59(88)36(21-43(68)81)71-62(50)91/h6-13,15-20,24-25,35-36,42,44,46-54,56-57,65,70,77-80,82-86H,14,21-23,69H2,1-5H3,(H2,68,81)(H,71,91)(H,72,88)(H,73,90)(H,74,92)(H,75,87)(H,76,89)(H,93,94)/t25?,35?,36?,42-,44?,46?,47?,48?,49?,50?,51?,52?,53-,54+,56-,57?,65+,66?/m1/s1. The number of ether oxygens (including phenoxy) is 6. The van der Waals surface area contributed by atoms with Crippen molar-refractivity contribution in [3.05, 3.63) is 118 Å². The first kappa shape index (κ1) is 73.2. The lowest BCUT2D eigenvalue weighted by Crippen LogP contribution is -2.64. The summed E-state index contributed by atoms with van der Waals surface area (Å²) in [5, 5.41) is 131. The van der Waals surface area contributed by atoms with E-state index in [2.05, 4.69) is 37.2 Å². The van der Waals surface area contributed by atoms with E-state index in [0.717, 1.165) is 48.5 Å². The molecule has 18 atom stereocenters. The fraction of sp³-hybridized carbons (Fsp3) is 0.424. The van der Waals surface area contributed by atoms with Crippen LogP contribution in [0, 0.1) is 5.92 Å². The molecule has 5 aromatic rings. The number of carboxylic acid groups (broad SMARTS) is 1. The number of nitrogens with one attached hydrogen (secondary N) is 7. The van der Waals surface area contributed by atoms with Gasteiger partial charge in [-0.05, 0) is 110 Å². The van der Waals surface area contributed by atoms with E-state index in [4.69, 9.17) is 51.5 Å². The van der Waals surface area contributed by atoms with Crippen LogP contribution < -0.4 is 62.9 Å². The average Bonchev–Trinajstić information content (AvgIpc) is 0.772. The maximum Gasteiger partial charge on any atom is 0.330 e. The van der Waals surface area contributed by atoms with Gasteiger partial charge in [0.15, 0.2) is 29.9 Å². The van der Waals surface area contributed by atoms with E-state index in [1.54, 1.807) is 0 Å². The van der Waals surface area contributed by atoms with Crippen molar-refractivity contribution in [3.8, 4) is 57.1 Å². The van der Waals surface area contributed by atoms with Crippen molar-refractivity contribution in [2.45, 2.75) is 156 Å². The van der Waals surface area contributed by atoms with Crippen molar-refractivity contribution in [1.29, 1.82) is 0 Å². The molecule has 7 aliphatic heterocycles. The molecule has 7 amide bonds. The smallest absolute Gasteiger partial charge is 0.330 e. The lowest BCUT2D eigenvalue weighted by molar-refractivity contribution is -0.333. The Kier molecular flexibility index (Phi) is 21.8. The minimum atomic E-state index is -2.31. The molecule has 34 heteroatoms. The molecule has 0 aromatic heterocycles. The second-order valence-corrected chi connectivity index (χ2v) is 26.0. The molecule has 0 radical (unpaired) electrons. The van der Waals surface area contributed by atoms with Crippen LogP contribution in [0.1, 0.15) is 105 Å². The zero-order valence-electron chi connectivity index (χ0n) is 54.0. The van der Waals surface area contributed by atoms with E-state index < -0.39 is 226 Å². The van der Waals surface area contributed by atoms with E-state index in [1.165, 1.54) is 57.3 Å². The number of likely N-dealkylation sites (N-methyl/N-ethyl adjacent to an activating group) is 1. The number of nitrogens with two attached hydrogens (primary N) is 2. The first-order valence-corrected chi connectivity index (χ1v) is 31.9. The minimum absolute atomic E-state index is 0.0909. The molecule has 7 heterocycles. The highest BCUT2D eigenvalue weighted by atomic mass is 35.5. The van der Waals surface area contributed by atoms with E-state index >= 15 is 14.4 Å². The summed E-state index contributed by atoms with van der Waals surface area (Å²) in [6, 6.07) is 1.22. The van der Waals surface area contributed by atoms with Crippen molar-refractivity contribution in [2.75, 3.05) is 13.7 Å². The number of halogens is 1. The van der Waals surface area contributed by atoms with E-state index in [-0.39, 0.29) is 52.0 Å². The molecule has 100 heavy (non-hydrogen) atoms. The van der Waals surface area contributed by atoms with Gasteiger partial charge in [0.2, 0.25) is 53.4 Å². The number of benzene rings is 5. The molecule has 33 nitrogen and oxygen atoms in total. The van der Waals surface area contributed by atoms with Crippen molar-refractivity contribution >= 4 is 58.9 Å². The Morgan fingerprint density at radius 3 is 2.02 bits per heavy atom. The van der Waals surface area contributed by atoms with Gasteiger partial charge in [0.25, 0.3) is 0 Å². The molecule has 13 unspecified atom stereocenters. The molecule has 5 aromatic carbocycles. The Hall–Kier alpha value is -9.49. The van der Waals surface area contributed by atoms with Gasteiger partial charge in [-0.15, -0.1) is 0 Å². The number of carbonyl (C=O) groups excluding carboxylic acids is 7. The number of aliphatic hydroxyl groups excluding tert-OH is 6. The van der Waals surface area contributed by atoms with Gasteiger partial charge in [-0.1, -0.05) is 49.7 Å². The van der Waals surface area contributed by atoms with Crippen LogP contribution in [0.25, 0.3) is 11.1 Å². The van der Waals surface area contributed by atoms with Gasteiger partial charge in [-0.25, -0.2) is 4.79 Å². The molecular weight excluding hydrogens is 1340 g/mol. The third kappa shape index (κ3) is 15.4. The number of primary amides is 1. The summed E-state index contributed by atoms with van der Waals surface area (Å²) in [5.74, 6) is -15.4. The molecule has 21 N–H and O–H groups in total. The number of aromatic hydroxyl groups is 3. The molecule has 7 aliphatic rings. The highest BCUT2D eigenvalue weighted by Crippen LogP contribution is 2.49. The maximum atomic E-state index is 16.0. The predicted molar refractivity (Wildman–Crippen MR) is 344 cm³/mol. The Morgan fingerprint density at radius 2 is 1.38 bits per heavy atom. The normalized spacial score (nSPS) is 29.6. The third-order valence-corrected chi connectivity index (χ3v) is 18.0. The number of carboxylic acids is 1. The number of hydrogen-bond acceptors (Lipinski definition) is 25. The molecule has 12 rings (SSSR count). The van der Waals surface area contributed by atoms with Crippen molar-refractivity contribution < 1.29 is 118 Å². The van der Waals surface area contributed by atoms with Crippen LogP contribution in [0.4, 0.5) is 0 Å². The number of rotatable bonds is 13. The number of aliphatic carboxylic acids is 1. The fourth-order valence-corrected chi connectivity index (χ4v) is 12.7. The van der Waals surface area contributed by atoms with E-state index in [1.807, 2.05) is 13.8 Å². The number of phenols is 3. The second kappa shape index (κ2) is 29.8. The van der Waals surface area contributed by atoms with Crippen LogP contribution in [0.2, 0.25) is 5.02 Å². The van der Waals surface area contributed by atoms with Gasteiger partial charge in [0.05, 0.1) is 36.3 Å². The summed E-state index contributed by atoms with van der Waals surface area (Å²) in [7, 11) is 1.48. The van der Waals surface area contributed by atoms with Crippen LogP contribution in [-0.2, 0) is 52.6 Å². The van der Waals surface area contributed by atoms with Gasteiger partial charge < -0.3 is 128 Å². The molecule has 0 spiro atoms. The zero-order valence-corrected chi connectivity index (χ0v) is 54.8. The molecule has 536 valence electrons. The number of hydrogen-bond donors (Lipinski definition) is 19. The predicted octanol–water partition coefficient (Wildman–Crippen LogP) is -0.547. The van der Waals surface area contributed by atoms with E-state index in [0.29, 0.717) is 0 Å². The van der Waals surface area contributed by atoms with Crippen molar-refractivity contribution in [3.63, 3.8) is 0 Å². The summed E-state index contributed by atoms with van der Waals surface area (Å²) >= 11 is 7.06. The molecule has 2 fully saturated rings. The Morgan fingerprint density at radius 1 is 0.730 bits per heavy atom. The summed E-state index contributed by atoms with van der Waals surface area (Å²) < 4.78 is 38.3. The van der Waals surface area contributed by atoms with Gasteiger partial charge in [-0.2, -0.15) is 0 Å². The molecule has 0 saturated carbocycles. The van der Waals surface area contributed by atoms with Gasteiger partial charge in [-0.3, -0.25) is 33.6 Å². The lowest BCUT2D eigenvalue weighted by Gasteiger charge is -2.47. The maximum absolute atomic E-state index is 16.0. The summed E-state index contributed by atoms with van der Waals surface area (Å²) in [4.78, 5) is 117. The largest absolute Gasteiger partial charge is 0.508 e. The number of fused-ring (bicyclic) bond motifs is 15. The Labute approximate surface area is 574 Å². The average molecular weight is 1410 g/mol. The van der Waals surface area contributed by atoms with Crippen LogP contribution in [0.3, 0.4) is 0 Å². The number of amides is 7. The number of carbonyl (C=O) groups is 8. The monoisotopic (exact) mass is 1410 g/mol. The van der Waals surface area contributed by atoms with Crippen molar-refractivity contribution in [1.82, 2.24) is 37.2 Å². The SMILES string of the molecule is CNC(CC(C)C)C(=O)NC1C(=O)NC(CC(N)=O)C(=O)NC2C(=O)NC3C(=O)NC(C(=O)NC(C(=O)O)c4cc(O)cc(O)c4-c4cc3ccc4O)C(O)c3ccc(cc3)Oc3cc2cc(c3O[C@@H]2O[C@H](CO)[C@@H](O)[C@H](O)[C@H]2OC2CC(C)(N)C(O)C(C)O2)Oc2ccc(cc2Cl)C1O.